The van der Waals surface area contributed by atoms with Gasteiger partial charge in [0.1, 0.15) is 6.10 Å². The Bertz CT molecular complexity index is 238. The van der Waals surface area contributed by atoms with E-state index in [2.05, 4.69) is 5.32 Å². The molecule has 3 unspecified atom stereocenters. The van der Waals surface area contributed by atoms with Gasteiger partial charge in [-0.3, -0.25) is 4.79 Å². The number of ether oxygens (including phenoxy) is 1. The first-order valence-electron chi connectivity index (χ1n) is 6.37. The van der Waals surface area contributed by atoms with Gasteiger partial charge in [-0.25, -0.2) is 0 Å². The number of carbonyl (C=O) groups excluding carboxylic acids is 1. The summed E-state index contributed by atoms with van der Waals surface area (Å²) < 4.78 is 5.42. The molecule has 2 N–H and O–H groups in total. The summed E-state index contributed by atoms with van der Waals surface area (Å²) >= 11 is 0. The van der Waals surface area contributed by atoms with Gasteiger partial charge in [0.05, 0.1) is 12.1 Å². The van der Waals surface area contributed by atoms with Crippen LogP contribution in [0.1, 0.15) is 44.9 Å². The molecule has 0 spiro atoms. The zero-order chi connectivity index (χ0) is 11.4. The van der Waals surface area contributed by atoms with Crippen LogP contribution in [0.25, 0.3) is 0 Å². The number of aliphatic hydroxyl groups is 1. The molecule has 92 valence electrons. The smallest absolute Gasteiger partial charge is 0.249 e. The molecule has 0 aromatic carbocycles. The van der Waals surface area contributed by atoms with Crippen molar-refractivity contribution in [1.29, 1.82) is 0 Å². The van der Waals surface area contributed by atoms with E-state index < -0.39 is 0 Å². The Morgan fingerprint density at radius 1 is 1.12 bits per heavy atom. The first-order chi connectivity index (χ1) is 7.77. The summed E-state index contributed by atoms with van der Waals surface area (Å²) in [4.78, 5) is 11.9. The minimum Gasteiger partial charge on any atom is -0.391 e. The molecule has 1 aliphatic heterocycles. The topological polar surface area (TPSA) is 58.6 Å². The molecule has 0 bridgehead atoms. The molecule has 4 nitrogen and oxygen atoms in total. The highest BCUT2D eigenvalue weighted by atomic mass is 16.5. The molecule has 1 heterocycles. The van der Waals surface area contributed by atoms with Gasteiger partial charge in [-0.15, -0.1) is 0 Å². The van der Waals surface area contributed by atoms with Gasteiger partial charge in [0.15, 0.2) is 0 Å². The third-order valence-corrected chi connectivity index (χ3v) is 3.53. The normalized spacial score (nSPS) is 35.7. The Balaban J connectivity index is 1.80. The van der Waals surface area contributed by atoms with Crippen molar-refractivity contribution in [1.82, 2.24) is 5.32 Å². The maximum Gasteiger partial charge on any atom is 0.249 e. The van der Waals surface area contributed by atoms with Gasteiger partial charge < -0.3 is 15.2 Å². The van der Waals surface area contributed by atoms with Gasteiger partial charge >= 0.3 is 0 Å². The van der Waals surface area contributed by atoms with Crippen molar-refractivity contribution in [3.8, 4) is 0 Å². The molecule has 0 radical (unpaired) electrons. The average molecular weight is 227 g/mol. The van der Waals surface area contributed by atoms with Gasteiger partial charge in [0.2, 0.25) is 5.91 Å². The van der Waals surface area contributed by atoms with Gasteiger partial charge in [-0.05, 0) is 32.1 Å². The lowest BCUT2D eigenvalue weighted by atomic mass is 9.92. The van der Waals surface area contributed by atoms with E-state index in [0.29, 0.717) is 6.61 Å². The number of nitrogens with one attached hydrogen (secondary N) is 1. The van der Waals surface area contributed by atoms with Crippen LogP contribution in [0.3, 0.4) is 0 Å². The van der Waals surface area contributed by atoms with E-state index in [1.54, 1.807) is 0 Å². The molecule has 1 saturated heterocycles. The van der Waals surface area contributed by atoms with Crippen molar-refractivity contribution in [3.05, 3.63) is 0 Å². The fourth-order valence-electron chi connectivity index (χ4n) is 2.50. The molecular weight excluding hydrogens is 206 g/mol. The second-order valence-electron chi connectivity index (χ2n) is 4.82. The van der Waals surface area contributed by atoms with Crippen LogP contribution < -0.4 is 5.32 Å². The second-order valence-corrected chi connectivity index (χ2v) is 4.82. The summed E-state index contributed by atoms with van der Waals surface area (Å²) in [6.45, 7) is 0.686. The summed E-state index contributed by atoms with van der Waals surface area (Å²) in [6, 6.07) is -0.0632. The van der Waals surface area contributed by atoms with Crippen LogP contribution in [0.5, 0.6) is 0 Å². The zero-order valence-corrected chi connectivity index (χ0v) is 9.65. The summed E-state index contributed by atoms with van der Waals surface area (Å²) in [5.41, 5.74) is 0. The molecule has 1 amide bonds. The maximum atomic E-state index is 11.9. The lowest BCUT2D eigenvalue weighted by molar-refractivity contribution is -0.137. The van der Waals surface area contributed by atoms with Gasteiger partial charge in [-0.2, -0.15) is 0 Å². The van der Waals surface area contributed by atoms with Crippen LogP contribution in [0, 0.1) is 0 Å². The predicted octanol–water partition coefficient (Wildman–Crippen LogP) is 0.975. The third kappa shape index (κ3) is 2.95. The summed E-state index contributed by atoms with van der Waals surface area (Å²) in [5, 5.41) is 12.7. The highest BCUT2D eigenvalue weighted by Gasteiger charge is 2.28. The zero-order valence-electron chi connectivity index (χ0n) is 9.65. The summed E-state index contributed by atoms with van der Waals surface area (Å²) in [6.07, 6.45) is 6.11. The molecule has 1 aliphatic carbocycles. The minimum atomic E-state index is -0.374. The van der Waals surface area contributed by atoms with Crippen molar-refractivity contribution < 1.29 is 14.6 Å². The van der Waals surface area contributed by atoms with E-state index in [-0.39, 0.29) is 24.2 Å². The SMILES string of the molecule is O=C(NC1CCCCC1O)C1CCCCO1. The van der Waals surface area contributed by atoms with Crippen molar-refractivity contribution in [3.63, 3.8) is 0 Å². The average Bonchev–Trinajstić information content (AvgIpc) is 2.33. The predicted molar refractivity (Wildman–Crippen MR) is 60.0 cm³/mol. The number of hydrogen-bond acceptors (Lipinski definition) is 3. The van der Waals surface area contributed by atoms with Gasteiger partial charge in [-0.1, -0.05) is 12.8 Å². The fraction of sp³-hybridized carbons (Fsp3) is 0.917. The number of carbonyl (C=O) groups is 1. The third-order valence-electron chi connectivity index (χ3n) is 3.53. The number of hydrogen-bond donors (Lipinski definition) is 2. The first kappa shape index (κ1) is 11.9. The molecule has 0 aromatic rings. The van der Waals surface area contributed by atoms with Crippen molar-refractivity contribution in [2.45, 2.75) is 63.2 Å². The Labute approximate surface area is 96.4 Å². The summed E-state index contributed by atoms with van der Waals surface area (Å²) in [5.74, 6) is -0.0364. The molecule has 2 aliphatic rings. The molecule has 2 fully saturated rings. The highest BCUT2D eigenvalue weighted by molar-refractivity contribution is 5.81. The maximum absolute atomic E-state index is 11.9. The quantitative estimate of drug-likeness (QED) is 0.739. The number of amides is 1. The van der Waals surface area contributed by atoms with Crippen LogP contribution in [0.2, 0.25) is 0 Å². The van der Waals surface area contributed by atoms with Gasteiger partial charge in [0.25, 0.3) is 0 Å². The highest BCUT2D eigenvalue weighted by Crippen LogP contribution is 2.19. The van der Waals surface area contributed by atoms with Crippen LogP contribution in [-0.4, -0.2) is 35.9 Å². The first-order valence-corrected chi connectivity index (χ1v) is 6.37. The van der Waals surface area contributed by atoms with E-state index in [0.717, 1.165) is 44.9 Å². The van der Waals surface area contributed by atoms with Crippen molar-refractivity contribution in [2.75, 3.05) is 6.61 Å². The fourth-order valence-corrected chi connectivity index (χ4v) is 2.50. The van der Waals surface area contributed by atoms with E-state index in [1.807, 2.05) is 0 Å². The monoisotopic (exact) mass is 227 g/mol. The molecule has 4 heteroatoms. The number of rotatable bonds is 2. The molecule has 3 atom stereocenters. The largest absolute Gasteiger partial charge is 0.391 e. The van der Waals surface area contributed by atoms with E-state index in [9.17, 15) is 9.90 Å². The molecule has 16 heavy (non-hydrogen) atoms. The van der Waals surface area contributed by atoms with Crippen molar-refractivity contribution >= 4 is 5.91 Å². The second kappa shape index (κ2) is 5.64. The Morgan fingerprint density at radius 3 is 2.56 bits per heavy atom. The molecular formula is C12H21NO3. The van der Waals surface area contributed by atoms with Crippen LogP contribution >= 0.6 is 0 Å². The Kier molecular flexibility index (Phi) is 4.18. The van der Waals surface area contributed by atoms with E-state index in [1.165, 1.54) is 0 Å². The Morgan fingerprint density at radius 2 is 1.88 bits per heavy atom. The van der Waals surface area contributed by atoms with Crippen LogP contribution in [0.15, 0.2) is 0 Å². The molecule has 2 rings (SSSR count). The molecule has 1 saturated carbocycles. The van der Waals surface area contributed by atoms with Crippen LogP contribution in [0.4, 0.5) is 0 Å². The standard InChI is InChI=1S/C12H21NO3/c14-10-6-2-1-5-9(10)13-12(15)11-7-3-4-8-16-11/h9-11,14H,1-8H2,(H,13,15). The van der Waals surface area contributed by atoms with Crippen molar-refractivity contribution in [2.24, 2.45) is 0 Å². The lowest BCUT2D eigenvalue weighted by Gasteiger charge is -2.30. The lowest BCUT2D eigenvalue weighted by Crippen LogP contribution is -2.49. The summed E-state index contributed by atoms with van der Waals surface area (Å²) in [7, 11) is 0. The van der Waals surface area contributed by atoms with E-state index >= 15 is 0 Å². The molecule has 0 aromatic heterocycles. The minimum absolute atomic E-state index is 0.0364. The Hall–Kier alpha value is -0.610. The van der Waals surface area contributed by atoms with E-state index in [4.69, 9.17) is 4.74 Å². The number of aliphatic hydroxyl groups excluding tert-OH is 1. The van der Waals surface area contributed by atoms with Gasteiger partial charge in [0, 0.05) is 6.61 Å². The van der Waals surface area contributed by atoms with Crippen LogP contribution in [-0.2, 0) is 9.53 Å².